The van der Waals surface area contributed by atoms with E-state index in [1.165, 1.54) is 17.7 Å². The molecule has 0 radical (unpaired) electrons. The van der Waals surface area contributed by atoms with Crippen LogP contribution in [0, 0.1) is 0 Å². The van der Waals surface area contributed by atoms with E-state index in [2.05, 4.69) is 24.3 Å². The Morgan fingerprint density at radius 3 is 2.79 bits per heavy atom. The molecule has 0 aliphatic carbocycles. The molecule has 0 saturated heterocycles. The second-order valence-corrected chi connectivity index (χ2v) is 4.03. The fourth-order valence-corrected chi connectivity index (χ4v) is 1.70. The molecule has 0 aliphatic rings. The van der Waals surface area contributed by atoms with E-state index in [-0.39, 0.29) is 0 Å². The lowest BCUT2D eigenvalue weighted by Crippen LogP contribution is -2.10. The first-order chi connectivity index (χ1) is 6.66. The molecule has 0 amide bonds. The predicted octanol–water partition coefficient (Wildman–Crippen LogP) is 1.70. The third-order valence-corrected chi connectivity index (χ3v) is 2.56. The second-order valence-electron chi connectivity index (χ2n) is 4.03. The molecule has 1 aromatic rings. The van der Waals surface area contributed by atoms with Gasteiger partial charge in [-0.05, 0) is 37.9 Å². The number of aryl methyl sites for hydroxylation is 1. The molecule has 1 N–H and O–H groups in total. The maximum absolute atomic E-state index is 4.31. The van der Waals surface area contributed by atoms with E-state index in [1.807, 2.05) is 25.0 Å². The van der Waals surface area contributed by atoms with Gasteiger partial charge in [-0.3, -0.25) is 4.68 Å². The van der Waals surface area contributed by atoms with Crippen molar-refractivity contribution in [3.63, 3.8) is 0 Å². The first kappa shape index (κ1) is 11.2. The molecule has 0 aliphatic heterocycles. The topological polar surface area (TPSA) is 29.9 Å². The number of hydrogen-bond acceptors (Lipinski definition) is 2. The van der Waals surface area contributed by atoms with Crippen LogP contribution in [-0.4, -0.2) is 23.4 Å². The Balaban J connectivity index is 2.67. The molecule has 0 saturated carbocycles. The number of hydrogen-bond donors (Lipinski definition) is 1. The van der Waals surface area contributed by atoms with Crippen LogP contribution in [0.1, 0.15) is 37.4 Å². The van der Waals surface area contributed by atoms with E-state index in [1.54, 1.807) is 0 Å². The molecular weight excluding hydrogens is 174 g/mol. The first-order valence-corrected chi connectivity index (χ1v) is 5.32. The maximum Gasteiger partial charge on any atom is 0.0527 e. The van der Waals surface area contributed by atoms with E-state index in [0.717, 1.165) is 13.0 Å². The van der Waals surface area contributed by atoms with Crippen LogP contribution in [0.3, 0.4) is 0 Å². The van der Waals surface area contributed by atoms with Crippen molar-refractivity contribution in [3.05, 3.63) is 17.5 Å². The summed E-state index contributed by atoms with van der Waals surface area (Å²) >= 11 is 0. The van der Waals surface area contributed by atoms with Crippen molar-refractivity contribution in [2.24, 2.45) is 7.05 Å². The summed E-state index contributed by atoms with van der Waals surface area (Å²) in [6, 6.07) is 0. The lowest BCUT2D eigenvalue weighted by molar-refractivity contribution is 0.652. The van der Waals surface area contributed by atoms with Gasteiger partial charge in [-0.15, -0.1) is 0 Å². The van der Waals surface area contributed by atoms with Crippen LogP contribution in [0.25, 0.3) is 0 Å². The number of nitrogens with one attached hydrogen (secondary N) is 1. The van der Waals surface area contributed by atoms with Crippen molar-refractivity contribution < 1.29 is 0 Å². The van der Waals surface area contributed by atoms with Gasteiger partial charge in [-0.25, -0.2) is 0 Å². The van der Waals surface area contributed by atoms with Crippen molar-refractivity contribution in [2.45, 2.75) is 32.6 Å². The summed E-state index contributed by atoms with van der Waals surface area (Å²) in [5.41, 5.74) is 2.78. The smallest absolute Gasteiger partial charge is 0.0527 e. The van der Waals surface area contributed by atoms with Crippen LogP contribution in [0.4, 0.5) is 0 Å². The minimum atomic E-state index is 0.577. The molecule has 3 heteroatoms. The summed E-state index contributed by atoms with van der Waals surface area (Å²) in [4.78, 5) is 0. The third-order valence-electron chi connectivity index (χ3n) is 2.56. The normalized spacial score (nSPS) is 11.2. The van der Waals surface area contributed by atoms with Gasteiger partial charge in [0.25, 0.3) is 0 Å². The Morgan fingerprint density at radius 1 is 1.50 bits per heavy atom. The van der Waals surface area contributed by atoms with E-state index in [9.17, 15) is 0 Å². The van der Waals surface area contributed by atoms with Crippen molar-refractivity contribution in [2.75, 3.05) is 13.6 Å². The molecule has 80 valence electrons. The van der Waals surface area contributed by atoms with Gasteiger partial charge in [0.15, 0.2) is 0 Å². The van der Waals surface area contributed by atoms with Gasteiger partial charge < -0.3 is 5.32 Å². The molecular formula is C11H21N3. The average Bonchev–Trinajstić information content (AvgIpc) is 2.48. The van der Waals surface area contributed by atoms with Crippen LogP contribution in [0.2, 0.25) is 0 Å². The lowest BCUT2D eigenvalue weighted by Gasteiger charge is -2.08. The van der Waals surface area contributed by atoms with Gasteiger partial charge in [0, 0.05) is 12.7 Å². The van der Waals surface area contributed by atoms with E-state index in [0.29, 0.717) is 5.92 Å². The lowest BCUT2D eigenvalue weighted by atomic mass is 10.0. The van der Waals surface area contributed by atoms with E-state index < -0.39 is 0 Å². The average molecular weight is 195 g/mol. The Bertz CT molecular complexity index is 276. The maximum atomic E-state index is 4.31. The van der Waals surface area contributed by atoms with Gasteiger partial charge >= 0.3 is 0 Å². The highest BCUT2D eigenvalue weighted by molar-refractivity contribution is 5.21. The van der Waals surface area contributed by atoms with Crippen molar-refractivity contribution in [1.82, 2.24) is 15.1 Å². The van der Waals surface area contributed by atoms with Gasteiger partial charge in [0.1, 0.15) is 0 Å². The van der Waals surface area contributed by atoms with E-state index in [4.69, 9.17) is 0 Å². The highest BCUT2D eigenvalue weighted by atomic mass is 15.3. The van der Waals surface area contributed by atoms with Gasteiger partial charge in [0.05, 0.1) is 6.20 Å². The van der Waals surface area contributed by atoms with Crippen LogP contribution in [0.5, 0.6) is 0 Å². The van der Waals surface area contributed by atoms with Gasteiger partial charge in [0.2, 0.25) is 0 Å². The fourth-order valence-electron chi connectivity index (χ4n) is 1.70. The second kappa shape index (κ2) is 5.15. The number of nitrogens with zero attached hydrogens (tertiary/aromatic N) is 2. The molecule has 1 heterocycles. The summed E-state index contributed by atoms with van der Waals surface area (Å²) in [5, 5.41) is 7.48. The summed E-state index contributed by atoms with van der Waals surface area (Å²) in [7, 11) is 4.02. The summed E-state index contributed by atoms with van der Waals surface area (Å²) in [5.74, 6) is 0.577. The molecule has 0 fully saturated rings. The predicted molar refractivity (Wildman–Crippen MR) is 59.5 cm³/mol. The molecule has 0 unspecified atom stereocenters. The third kappa shape index (κ3) is 2.58. The zero-order valence-electron chi connectivity index (χ0n) is 9.67. The minimum absolute atomic E-state index is 0.577. The zero-order valence-corrected chi connectivity index (χ0v) is 9.67. The zero-order chi connectivity index (χ0) is 10.6. The Labute approximate surface area is 86.5 Å². The van der Waals surface area contributed by atoms with Crippen LogP contribution >= 0.6 is 0 Å². The van der Waals surface area contributed by atoms with Crippen molar-refractivity contribution >= 4 is 0 Å². The summed E-state index contributed by atoms with van der Waals surface area (Å²) < 4.78 is 2.00. The summed E-state index contributed by atoms with van der Waals surface area (Å²) in [6.45, 7) is 5.51. The fraction of sp³-hybridized carbons (Fsp3) is 0.727. The van der Waals surface area contributed by atoms with Gasteiger partial charge in [-0.1, -0.05) is 13.8 Å². The Hall–Kier alpha value is -0.830. The first-order valence-electron chi connectivity index (χ1n) is 5.32. The molecule has 14 heavy (non-hydrogen) atoms. The number of aromatic nitrogens is 2. The van der Waals surface area contributed by atoms with Gasteiger partial charge in [-0.2, -0.15) is 5.10 Å². The standard InChI is InChI=1S/C11H21N3/c1-9(2)10-8-13-14(4)11(10)6-5-7-12-3/h8-9,12H,5-7H2,1-4H3. The molecule has 1 rings (SSSR count). The Kier molecular flexibility index (Phi) is 4.14. The molecule has 0 atom stereocenters. The highest BCUT2D eigenvalue weighted by Crippen LogP contribution is 2.19. The molecule has 0 spiro atoms. The number of rotatable bonds is 5. The quantitative estimate of drug-likeness (QED) is 0.725. The van der Waals surface area contributed by atoms with E-state index >= 15 is 0 Å². The molecule has 3 nitrogen and oxygen atoms in total. The summed E-state index contributed by atoms with van der Waals surface area (Å²) in [6.07, 6.45) is 4.29. The largest absolute Gasteiger partial charge is 0.320 e. The molecule has 1 aromatic heterocycles. The van der Waals surface area contributed by atoms with Crippen LogP contribution in [0.15, 0.2) is 6.20 Å². The van der Waals surface area contributed by atoms with Crippen LogP contribution < -0.4 is 5.32 Å². The SMILES string of the molecule is CNCCCc1c(C(C)C)cnn1C. The molecule has 0 aromatic carbocycles. The monoisotopic (exact) mass is 195 g/mol. The highest BCUT2D eigenvalue weighted by Gasteiger charge is 2.10. The molecule has 0 bridgehead atoms. The van der Waals surface area contributed by atoms with Crippen molar-refractivity contribution in [1.29, 1.82) is 0 Å². The Morgan fingerprint density at radius 2 is 2.21 bits per heavy atom. The van der Waals surface area contributed by atoms with Crippen LogP contribution in [-0.2, 0) is 13.5 Å². The minimum Gasteiger partial charge on any atom is -0.320 e. The van der Waals surface area contributed by atoms with Crippen molar-refractivity contribution in [3.8, 4) is 0 Å².